The molecule has 1 saturated carbocycles. The van der Waals surface area contributed by atoms with Crippen LogP contribution in [0, 0.1) is 21.8 Å². The fourth-order valence-corrected chi connectivity index (χ4v) is 4.71. The molecule has 1 aromatic heterocycles. The topological polar surface area (TPSA) is 84.5 Å². The highest BCUT2D eigenvalue weighted by Gasteiger charge is 2.31. The van der Waals surface area contributed by atoms with Crippen LogP contribution in [0.25, 0.3) is 5.69 Å². The van der Waals surface area contributed by atoms with Crippen LogP contribution in [0.4, 0.5) is 10.1 Å². The predicted octanol–water partition coefficient (Wildman–Crippen LogP) is 4.35. The minimum atomic E-state index is -0.488. The monoisotopic (exact) mass is 477 g/mol. The first-order chi connectivity index (χ1) is 16.9. The molecule has 1 aliphatic heterocycles. The smallest absolute Gasteiger partial charge is 0.270 e. The summed E-state index contributed by atoms with van der Waals surface area (Å²) in [6, 6.07) is 12.3. The number of amides is 1. The van der Waals surface area contributed by atoms with E-state index < -0.39 is 4.92 Å². The molecule has 2 heterocycles. The van der Waals surface area contributed by atoms with Crippen LogP contribution in [0.3, 0.4) is 0 Å². The lowest BCUT2D eigenvalue weighted by Crippen LogP contribution is -2.34. The molecule has 8 nitrogen and oxygen atoms in total. The van der Waals surface area contributed by atoms with Gasteiger partial charge in [-0.25, -0.2) is 9.07 Å². The van der Waals surface area contributed by atoms with Gasteiger partial charge >= 0.3 is 0 Å². The zero-order valence-corrected chi connectivity index (χ0v) is 19.7. The van der Waals surface area contributed by atoms with Gasteiger partial charge in [0.1, 0.15) is 5.82 Å². The third kappa shape index (κ3) is 4.95. The molecule has 1 amide bonds. The zero-order valence-electron chi connectivity index (χ0n) is 19.7. The molecular weight excluding hydrogens is 449 g/mol. The summed E-state index contributed by atoms with van der Waals surface area (Å²) in [7, 11) is 0. The Morgan fingerprint density at radius 1 is 1.23 bits per heavy atom. The molecule has 9 heteroatoms. The predicted molar refractivity (Wildman–Crippen MR) is 129 cm³/mol. The number of aromatic nitrogens is 2. The largest absolute Gasteiger partial charge is 0.332 e. The van der Waals surface area contributed by atoms with Crippen LogP contribution in [-0.2, 0) is 19.5 Å². The van der Waals surface area contributed by atoms with Crippen molar-refractivity contribution in [1.29, 1.82) is 0 Å². The number of hydrogen-bond acceptors (Lipinski definition) is 5. The number of benzene rings is 2. The normalized spacial score (nSPS) is 15.6. The van der Waals surface area contributed by atoms with Crippen molar-refractivity contribution >= 4 is 11.6 Å². The summed E-state index contributed by atoms with van der Waals surface area (Å²) in [6.45, 7) is 5.53. The SMILES string of the molecule is CCN1CCc2c(c(CN(CC3CC3)C(=O)c3cccc([N+](=O)[O-])c3)nn2-c2cccc(F)c2)C1. The number of non-ortho nitro benzene ring substituents is 1. The summed E-state index contributed by atoms with van der Waals surface area (Å²) in [6.07, 6.45) is 2.92. The third-order valence-electron chi connectivity index (χ3n) is 6.83. The lowest BCUT2D eigenvalue weighted by Gasteiger charge is -2.27. The number of halogens is 1. The number of carbonyl (C=O) groups is 1. The van der Waals surface area contributed by atoms with Crippen molar-refractivity contribution in [1.82, 2.24) is 19.6 Å². The fourth-order valence-electron chi connectivity index (χ4n) is 4.71. The Hall–Kier alpha value is -3.59. The van der Waals surface area contributed by atoms with Gasteiger partial charge in [-0.05, 0) is 49.6 Å². The summed E-state index contributed by atoms with van der Waals surface area (Å²) in [5.41, 5.74) is 3.78. The average Bonchev–Trinajstić information content (AvgIpc) is 3.62. The molecule has 0 radical (unpaired) electrons. The second kappa shape index (κ2) is 9.58. The molecule has 0 atom stereocenters. The highest BCUT2D eigenvalue weighted by atomic mass is 19.1. The molecule has 1 fully saturated rings. The Balaban J connectivity index is 1.51. The van der Waals surface area contributed by atoms with E-state index in [0.717, 1.165) is 55.8 Å². The Morgan fingerprint density at radius 3 is 2.74 bits per heavy atom. The molecule has 2 aliphatic rings. The molecule has 0 N–H and O–H groups in total. The van der Waals surface area contributed by atoms with Gasteiger partial charge in [-0.3, -0.25) is 19.8 Å². The van der Waals surface area contributed by atoms with Crippen molar-refractivity contribution in [3.63, 3.8) is 0 Å². The van der Waals surface area contributed by atoms with E-state index in [9.17, 15) is 19.3 Å². The van der Waals surface area contributed by atoms with Crippen LogP contribution in [0.5, 0.6) is 0 Å². The summed E-state index contributed by atoms with van der Waals surface area (Å²) >= 11 is 0. The highest BCUT2D eigenvalue weighted by molar-refractivity contribution is 5.94. The van der Waals surface area contributed by atoms with Crippen molar-refractivity contribution in [2.24, 2.45) is 5.92 Å². The zero-order chi connectivity index (χ0) is 24.5. The van der Waals surface area contributed by atoms with Crippen LogP contribution < -0.4 is 0 Å². The molecule has 5 rings (SSSR count). The van der Waals surface area contributed by atoms with Gasteiger partial charge < -0.3 is 4.90 Å². The second-order valence-corrected chi connectivity index (χ2v) is 9.32. The summed E-state index contributed by atoms with van der Waals surface area (Å²) < 4.78 is 15.8. The van der Waals surface area contributed by atoms with Crippen LogP contribution >= 0.6 is 0 Å². The first-order valence-corrected chi connectivity index (χ1v) is 12.0. The first-order valence-electron chi connectivity index (χ1n) is 12.0. The molecule has 1 aliphatic carbocycles. The molecular formula is C26H28FN5O3. The molecule has 0 spiro atoms. The van der Waals surface area contributed by atoms with Gasteiger partial charge in [0.2, 0.25) is 0 Å². The number of carbonyl (C=O) groups excluding carboxylic acids is 1. The van der Waals surface area contributed by atoms with E-state index in [4.69, 9.17) is 5.10 Å². The lowest BCUT2D eigenvalue weighted by molar-refractivity contribution is -0.384. The molecule has 2 aromatic carbocycles. The van der Waals surface area contributed by atoms with Crippen molar-refractivity contribution in [3.05, 3.63) is 87.0 Å². The fraction of sp³-hybridized carbons (Fsp3) is 0.385. The van der Waals surface area contributed by atoms with Gasteiger partial charge in [0, 0.05) is 49.3 Å². The maximum absolute atomic E-state index is 14.0. The number of nitro benzene ring substituents is 1. The van der Waals surface area contributed by atoms with Crippen LogP contribution in [0.1, 0.15) is 47.1 Å². The van der Waals surface area contributed by atoms with Crippen molar-refractivity contribution in [3.8, 4) is 5.69 Å². The minimum absolute atomic E-state index is 0.103. The maximum atomic E-state index is 14.0. The third-order valence-corrected chi connectivity index (χ3v) is 6.83. The van der Waals surface area contributed by atoms with Gasteiger partial charge in [0.05, 0.1) is 28.5 Å². The van der Waals surface area contributed by atoms with Crippen LogP contribution in [0.2, 0.25) is 0 Å². The molecule has 35 heavy (non-hydrogen) atoms. The molecule has 3 aromatic rings. The lowest BCUT2D eigenvalue weighted by atomic mass is 10.0. The quantitative estimate of drug-likeness (QED) is 0.356. The number of nitrogens with zero attached hydrogens (tertiary/aromatic N) is 5. The van der Waals surface area contributed by atoms with E-state index >= 15 is 0 Å². The average molecular weight is 478 g/mol. The standard InChI is InChI=1S/C26H28FN5O3/c1-2-29-12-11-25-23(16-29)24(28-31(25)21-7-4-6-20(27)14-21)17-30(15-18-9-10-18)26(33)19-5-3-8-22(13-19)32(34)35/h3-8,13-14,18H,2,9-12,15-17H2,1H3. The Kier molecular flexibility index (Phi) is 6.34. The Labute approximate surface area is 203 Å². The molecule has 0 unspecified atom stereocenters. The van der Waals surface area contributed by atoms with E-state index in [1.54, 1.807) is 23.1 Å². The number of rotatable bonds is 8. The molecule has 0 bridgehead atoms. The van der Waals surface area contributed by atoms with E-state index in [1.165, 1.54) is 24.3 Å². The van der Waals surface area contributed by atoms with E-state index in [1.807, 2.05) is 10.7 Å². The van der Waals surface area contributed by atoms with Gasteiger partial charge in [-0.1, -0.05) is 19.1 Å². The highest BCUT2D eigenvalue weighted by Crippen LogP contribution is 2.32. The van der Waals surface area contributed by atoms with E-state index in [0.29, 0.717) is 30.3 Å². The number of fused-ring (bicyclic) bond motifs is 1. The van der Waals surface area contributed by atoms with Crippen LogP contribution in [-0.4, -0.2) is 50.0 Å². The summed E-state index contributed by atoms with van der Waals surface area (Å²) in [4.78, 5) is 28.4. The first kappa shape index (κ1) is 23.2. The van der Waals surface area contributed by atoms with Gasteiger partial charge in [0.25, 0.3) is 11.6 Å². The van der Waals surface area contributed by atoms with Gasteiger partial charge in [-0.15, -0.1) is 0 Å². The number of hydrogen-bond donors (Lipinski definition) is 0. The van der Waals surface area contributed by atoms with Crippen molar-refractivity contribution in [2.75, 3.05) is 19.6 Å². The van der Waals surface area contributed by atoms with Crippen molar-refractivity contribution < 1.29 is 14.1 Å². The number of likely N-dealkylation sites (N-methyl/N-ethyl adjacent to an activating group) is 1. The van der Waals surface area contributed by atoms with Crippen molar-refractivity contribution in [2.45, 2.75) is 39.3 Å². The van der Waals surface area contributed by atoms with E-state index in [-0.39, 0.29) is 17.4 Å². The maximum Gasteiger partial charge on any atom is 0.270 e. The molecule has 182 valence electrons. The number of nitro groups is 1. The minimum Gasteiger partial charge on any atom is -0.332 e. The Bertz CT molecular complexity index is 1270. The van der Waals surface area contributed by atoms with E-state index in [2.05, 4.69) is 11.8 Å². The summed E-state index contributed by atoms with van der Waals surface area (Å²) in [5, 5.41) is 16.1. The second-order valence-electron chi connectivity index (χ2n) is 9.32. The van der Waals surface area contributed by atoms with Crippen LogP contribution in [0.15, 0.2) is 48.5 Å². The Morgan fingerprint density at radius 2 is 2.03 bits per heavy atom. The summed E-state index contributed by atoms with van der Waals surface area (Å²) in [5.74, 6) is -0.126. The van der Waals surface area contributed by atoms with Gasteiger partial charge in [0.15, 0.2) is 0 Å². The van der Waals surface area contributed by atoms with Gasteiger partial charge in [-0.2, -0.15) is 5.10 Å². The molecule has 0 saturated heterocycles.